The molecule has 19 heavy (non-hydrogen) atoms. The van der Waals surface area contributed by atoms with Gasteiger partial charge in [-0.25, -0.2) is 4.98 Å². The smallest absolute Gasteiger partial charge is 0.223 e. The van der Waals surface area contributed by atoms with Gasteiger partial charge in [-0.05, 0) is 32.3 Å². The summed E-state index contributed by atoms with van der Waals surface area (Å²) in [4.78, 5) is 10.8. The number of aromatic nitrogens is 2. The van der Waals surface area contributed by atoms with Gasteiger partial charge in [-0.2, -0.15) is 4.98 Å². The fraction of sp³-hybridized carbons (Fsp3) is 0.538. The lowest BCUT2D eigenvalue weighted by Gasteiger charge is -2.14. The van der Waals surface area contributed by atoms with Crippen molar-refractivity contribution in [1.29, 1.82) is 0 Å². The molecule has 0 fully saturated rings. The number of aryl methyl sites for hydroxylation is 1. The van der Waals surface area contributed by atoms with Gasteiger partial charge >= 0.3 is 0 Å². The third-order valence-electron chi connectivity index (χ3n) is 2.99. The molecule has 0 aromatic carbocycles. The van der Waals surface area contributed by atoms with Crippen molar-refractivity contribution < 1.29 is 5.11 Å². The zero-order valence-electron chi connectivity index (χ0n) is 11.3. The Morgan fingerprint density at radius 1 is 1.47 bits per heavy atom. The second kappa shape index (κ2) is 6.16. The Morgan fingerprint density at radius 3 is 2.95 bits per heavy atom. The standard InChI is InChI=1S/C13H20N4OS/c1-3-9-7-10-11(15-8(2)5-4-6-18)16-13(14)17-12(10)19-9/h7-8,18H,3-6H2,1-2H3,(H3,14,15,16,17). The third-order valence-corrected chi connectivity index (χ3v) is 4.16. The summed E-state index contributed by atoms with van der Waals surface area (Å²) in [5.74, 6) is 1.10. The summed E-state index contributed by atoms with van der Waals surface area (Å²) in [5, 5.41) is 13.3. The predicted molar refractivity (Wildman–Crippen MR) is 80.6 cm³/mol. The molecule has 0 amide bonds. The summed E-state index contributed by atoms with van der Waals surface area (Å²) in [6, 6.07) is 2.37. The monoisotopic (exact) mass is 280 g/mol. The van der Waals surface area contributed by atoms with Crippen molar-refractivity contribution in [1.82, 2.24) is 9.97 Å². The van der Waals surface area contributed by atoms with Crippen LogP contribution < -0.4 is 11.1 Å². The summed E-state index contributed by atoms with van der Waals surface area (Å²) in [5.41, 5.74) is 5.76. The molecule has 0 saturated carbocycles. The Morgan fingerprint density at radius 2 is 2.26 bits per heavy atom. The number of aliphatic hydroxyl groups excluding tert-OH is 1. The first-order valence-electron chi connectivity index (χ1n) is 6.57. The molecule has 0 spiro atoms. The van der Waals surface area contributed by atoms with Gasteiger partial charge in [0.05, 0.1) is 5.39 Å². The number of hydrogen-bond donors (Lipinski definition) is 3. The summed E-state index contributed by atoms with van der Waals surface area (Å²) in [6.07, 6.45) is 2.66. The third kappa shape index (κ3) is 3.33. The lowest BCUT2D eigenvalue weighted by atomic mass is 10.2. The number of anilines is 2. The van der Waals surface area contributed by atoms with E-state index in [4.69, 9.17) is 10.8 Å². The van der Waals surface area contributed by atoms with Gasteiger partial charge in [-0.3, -0.25) is 0 Å². The number of aliphatic hydroxyl groups is 1. The molecule has 2 rings (SSSR count). The second-order valence-corrected chi connectivity index (χ2v) is 5.74. The van der Waals surface area contributed by atoms with Crippen molar-refractivity contribution in [3.05, 3.63) is 10.9 Å². The quantitative estimate of drug-likeness (QED) is 0.756. The number of rotatable bonds is 6. The van der Waals surface area contributed by atoms with Gasteiger partial charge in [0.25, 0.3) is 0 Å². The van der Waals surface area contributed by atoms with Crippen LogP contribution in [0, 0.1) is 0 Å². The maximum atomic E-state index is 8.86. The Balaban J connectivity index is 2.28. The molecule has 104 valence electrons. The number of nitrogens with two attached hydrogens (primary N) is 1. The van der Waals surface area contributed by atoms with Crippen LogP contribution in [0.5, 0.6) is 0 Å². The first kappa shape index (κ1) is 14.0. The normalized spacial score (nSPS) is 12.8. The molecule has 4 N–H and O–H groups in total. The molecular weight excluding hydrogens is 260 g/mol. The first-order chi connectivity index (χ1) is 9.13. The number of hydrogen-bond acceptors (Lipinski definition) is 6. The summed E-state index contributed by atoms with van der Waals surface area (Å²) in [7, 11) is 0. The summed E-state index contributed by atoms with van der Waals surface area (Å²) in [6.45, 7) is 4.41. The molecule has 1 atom stereocenters. The molecule has 0 radical (unpaired) electrons. The topological polar surface area (TPSA) is 84.1 Å². The van der Waals surface area contributed by atoms with Crippen LogP contribution in [0.2, 0.25) is 0 Å². The molecule has 2 aromatic heterocycles. The Hall–Kier alpha value is -1.40. The highest BCUT2D eigenvalue weighted by molar-refractivity contribution is 7.18. The van der Waals surface area contributed by atoms with Crippen LogP contribution in [0.15, 0.2) is 6.07 Å². The zero-order valence-corrected chi connectivity index (χ0v) is 12.1. The van der Waals surface area contributed by atoms with Gasteiger partial charge in [0.2, 0.25) is 5.95 Å². The lowest BCUT2D eigenvalue weighted by Crippen LogP contribution is -2.17. The van der Waals surface area contributed by atoms with Crippen LogP contribution in [-0.2, 0) is 6.42 Å². The van der Waals surface area contributed by atoms with E-state index in [1.807, 2.05) is 0 Å². The van der Waals surface area contributed by atoms with Gasteiger partial charge in [0.1, 0.15) is 10.6 Å². The lowest BCUT2D eigenvalue weighted by molar-refractivity contribution is 0.282. The minimum Gasteiger partial charge on any atom is -0.396 e. The fourth-order valence-corrected chi connectivity index (χ4v) is 2.95. The largest absolute Gasteiger partial charge is 0.396 e. The number of nitrogens with zero attached hydrogens (tertiary/aromatic N) is 2. The van der Waals surface area contributed by atoms with E-state index in [-0.39, 0.29) is 12.6 Å². The van der Waals surface area contributed by atoms with Crippen molar-refractivity contribution in [2.45, 2.75) is 39.2 Å². The van der Waals surface area contributed by atoms with Gasteiger partial charge in [0, 0.05) is 17.5 Å². The minimum atomic E-state index is 0.214. The number of nitrogens with one attached hydrogen (secondary N) is 1. The van der Waals surface area contributed by atoms with E-state index in [1.54, 1.807) is 11.3 Å². The molecule has 2 aromatic rings. The van der Waals surface area contributed by atoms with Crippen molar-refractivity contribution >= 4 is 33.3 Å². The van der Waals surface area contributed by atoms with Gasteiger partial charge in [-0.15, -0.1) is 11.3 Å². The first-order valence-corrected chi connectivity index (χ1v) is 7.39. The zero-order chi connectivity index (χ0) is 13.8. The Kier molecular flexibility index (Phi) is 4.55. The molecule has 0 aliphatic rings. The van der Waals surface area contributed by atoms with E-state index in [0.717, 1.165) is 35.3 Å². The van der Waals surface area contributed by atoms with E-state index >= 15 is 0 Å². The highest BCUT2D eigenvalue weighted by Gasteiger charge is 2.12. The van der Waals surface area contributed by atoms with Crippen LogP contribution in [0.25, 0.3) is 10.2 Å². The highest BCUT2D eigenvalue weighted by Crippen LogP contribution is 2.30. The minimum absolute atomic E-state index is 0.214. The second-order valence-electron chi connectivity index (χ2n) is 4.63. The number of thiophene rings is 1. The average Bonchev–Trinajstić information content (AvgIpc) is 2.79. The van der Waals surface area contributed by atoms with Crippen molar-refractivity contribution in [3.8, 4) is 0 Å². The molecule has 6 heteroatoms. The SMILES string of the molecule is CCc1cc2c(NC(C)CCCO)nc(N)nc2s1. The van der Waals surface area contributed by atoms with E-state index in [2.05, 4.69) is 35.2 Å². The van der Waals surface area contributed by atoms with Crippen LogP contribution in [0.3, 0.4) is 0 Å². The molecule has 1 unspecified atom stereocenters. The molecular formula is C13H20N4OS. The van der Waals surface area contributed by atoms with E-state index in [1.165, 1.54) is 4.88 Å². The van der Waals surface area contributed by atoms with E-state index in [0.29, 0.717) is 5.95 Å². The maximum absolute atomic E-state index is 8.86. The van der Waals surface area contributed by atoms with Crippen molar-refractivity contribution in [2.75, 3.05) is 17.7 Å². The molecule has 2 heterocycles. The molecule has 0 aliphatic heterocycles. The fourth-order valence-electron chi connectivity index (χ4n) is 1.98. The van der Waals surface area contributed by atoms with Crippen LogP contribution in [0.4, 0.5) is 11.8 Å². The Bertz CT molecular complexity index is 555. The van der Waals surface area contributed by atoms with Crippen LogP contribution >= 0.6 is 11.3 Å². The summed E-state index contributed by atoms with van der Waals surface area (Å²) >= 11 is 1.66. The Labute approximate surface area is 116 Å². The van der Waals surface area contributed by atoms with E-state index < -0.39 is 0 Å². The molecule has 5 nitrogen and oxygen atoms in total. The van der Waals surface area contributed by atoms with Crippen LogP contribution in [-0.4, -0.2) is 27.7 Å². The molecule has 0 saturated heterocycles. The summed E-state index contributed by atoms with van der Waals surface area (Å²) < 4.78 is 0. The number of nitrogen functional groups attached to an aromatic ring is 1. The van der Waals surface area contributed by atoms with Crippen LogP contribution in [0.1, 0.15) is 31.6 Å². The van der Waals surface area contributed by atoms with Gasteiger partial charge in [0.15, 0.2) is 0 Å². The van der Waals surface area contributed by atoms with Gasteiger partial charge in [-0.1, -0.05) is 6.92 Å². The number of fused-ring (bicyclic) bond motifs is 1. The van der Waals surface area contributed by atoms with Crippen molar-refractivity contribution in [2.24, 2.45) is 0 Å². The predicted octanol–water partition coefficient (Wildman–Crippen LogP) is 2.41. The molecule has 0 aliphatic carbocycles. The average molecular weight is 280 g/mol. The van der Waals surface area contributed by atoms with E-state index in [9.17, 15) is 0 Å². The highest BCUT2D eigenvalue weighted by atomic mass is 32.1. The maximum Gasteiger partial charge on any atom is 0.223 e. The van der Waals surface area contributed by atoms with Gasteiger partial charge < -0.3 is 16.2 Å². The molecule has 0 bridgehead atoms. The van der Waals surface area contributed by atoms with Crippen molar-refractivity contribution in [3.63, 3.8) is 0 Å².